The minimum absolute atomic E-state index is 0.196. The minimum Gasteiger partial charge on any atom is -0.336 e. The van der Waals surface area contributed by atoms with Crippen LogP contribution in [0.2, 0.25) is 0 Å². The highest BCUT2D eigenvalue weighted by atomic mass is 16.2. The number of carbonyl (C=O) groups excluding carboxylic acids is 1. The second kappa shape index (κ2) is 9.24. The third-order valence-corrected chi connectivity index (χ3v) is 4.23. The molecule has 0 heterocycles. The van der Waals surface area contributed by atoms with E-state index < -0.39 is 0 Å². The van der Waals surface area contributed by atoms with Crippen molar-refractivity contribution >= 4 is 5.91 Å². The Morgan fingerprint density at radius 2 is 1.54 bits per heavy atom. The van der Waals surface area contributed by atoms with E-state index in [2.05, 4.69) is 50.4 Å². The van der Waals surface area contributed by atoms with Gasteiger partial charge in [-0.1, -0.05) is 60.7 Å². The first kappa shape index (κ1) is 18.2. The number of nitrogens with zero attached hydrogens (tertiary/aromatic N) is 1. The predicted molar refractivity (Wildman–Crippen MR) is 99.6 cm³/mol. The maximum atomic E-state index is 12.6. The van der Waals surface area contributed by atoms with E-state index in [4.69, 9.17) is 0 Å². The molecule has 1 unspecified atom stereocenters. The van der Waals surface area contributed by atoms with Crippen LogP contribution >= 0.6 is 0 Å². The van der Waals surface area contributed by atoms with Crippen LogP contribution in [0.1, 0.15) is 44.4 Å². The molecule has 1 atom stereocenters. The Hall–Kier alpha value is -2.13. The molecule has 0 fully saturated rings. The fourth-order valence-electron chi connectivity index (χ4n) is 2.74. The Bertz CT molecular complexity index is 610. The number of hydrogen-bond acceptors (Lipinski definition) is 2. The molecule has 1 amide bonds. The van der Waals surface area contributed by atoms with Crippen molar-refractivity contribution in [3.8, 4) is 0 Å². The summed E-state index contributed by atoms with van der Waals surface area (Å²) in [4.78, 5) is 14.5. The lowest BCUT2D eigenvalue weighted by Crippen LogP contribution is -2.38. The molecule has 0 saturated heterocycles. The van der Waals surface area contributed by atoms with Crippen LogP contribution in [0, 0.1) is 0 Å². The van der Waals surface area contributed by atoms with Crippen LogP contribution in [0.15, 0.2) is 60.7 Å². The van der Waals surface area contributed by atoms with Gasteiger partial charge in [-0.25, -0.2) is 0 Å². The summed E-state index contributed by atoms with van der Waals surface area (Å²) in [6.45, 7) is 7.63. The Balaban J connectivity index is 1.85. The predicted octanol–water partition coefficient (Wildman–Crippen LogP) is 4.16. The van der Waals surface area contributed by atoms with E-state index >= 15 is 0 Å². The molecule has 0 aromatic heterocycles. The van der Waals surface area contributed by atoms with Gasteiger partial charge in [-0.2, -0.15) is 0 Å². The highest BCUT2D eigenvalue weighted by molar-refractivity contribution is 5.76. The summed E-state index contributed by atoms with van der Waals surface area (Å²) in [6.07, 6.45) is 0.516. The van der Waals surface area contributed by atoms with Gasteiger partial charge >= 0.3 is 0 Å². The monoisotopic (exact) mass is 324 g/mol. The second-order valence-corrected chi connectivity index (χ2v) is 6.44. The first-order chi connectivity index (χ1) is 11.6. The van der Waals surface area contributed by atoms with Crippen LogP contribution in [0.4, 0.5) is 0 Å². The summed E-state index contributed by atoms with van der Waals surface area (Å²) in [5, 5.41) is 3.44. The molecule has 0 aliphatic carbocycles. The number of rotatable bonds is 8. The lowest BCUT2D eigenvalue weighted by atomic mass is 10.1. The normalized spacial score (nSPS) is 12.2. The average molecular weight is 324 g/mol. The van der Waals surface area contributed by atoms with Gasteiger partial charge in [0.1, 0.15) is 0 Å². The molecule has 24 heavy (non-hydrogen) atoms. The van der Waals surface area contributed by atoms with E-state index in [9.17, 15) is 4.79 Å². The molecular weight excluding hydrogens is 296 g/mol. The van der Waals surface area contributed by atoms with Crippen LogP contribution in [-0.4, -0.2) is 23.4 Å². The molecule has 0 spiro atoms. The standard InChI is InChI=1S/C21H28N2O/c1-17(2)23(16-19-10-6-4-7-11-19)21(24)14-15-22-18(3)20-12-8-5-9-13-20/h4-13,17-18,22H,14-16H2,1-3H3. The Morgan fingerprint density at radius 3 is 2.12 bits per heavy atom. The number of carbonyl (C=O) groups is 1. The summed E-state index contributed by atoms with van der Waals surface area (Å²) < 4.78 is 0. The Kier molecular flexibility index (Phi) is 7.01. The van der Waals surface area contributed by atoms with Crippen LogP contribution in [-0.2, 0) is 11.3 Å². The molecule has 0 radical (unpaired) electrons. The summed E-state index contributed by atoms with van der Waals surface area (Å²) in [5.41, 5.74) is 2.42. The van der Waals surface area contributed by atoms with Gasteiger partial charge in [0.2, 0.25) is 5.91 Å². The van der Waals surface area contributed by atoms with Crippen molar-refractivity contribution in [1.29, 1.82) is 0 Å². The second-order valence-electron chi connectivity index (χ2n) is 6.44. The van der Waals surface area contributed by atoms with Crippen LogP contribution < -0.4 is 5.32 Å². The molecule has 0 aliphatic heterocycles. The highest BCUT2D eigenvalue weighted by Crippen LogP contribution is 2.12. The lowest BCUT2D eigenvalue weighted by molar-refractivity contribution is -0.133. The van der Waals surface area contributed by atoms with Gasteiger partial charge in [0.25, 0.3) is 0 Å². The highest BCUT2D eigenvalue weighted by Gasteiger charge is 2.17. The molecule has 3 nitrogen and oxygen atoms in total. The fourth-order valence-corrected chi connectivity index (χ4v) is 2.74. The topological polar surface area (TPSA) is 32.3 Å². The van der Waals surface area contributed by atoms with E-state index in [0.29, 0.717) is 19.5 Å². The SMILES string of the molecule is CC(NCCC(=O)N(Cc1ccccc1)C(C)C)c1ccccc1. The first-order valence-corrected chi connectivity index (χ1v) is 8.69. The molecule has 2 aromatic rings. The van der Waals surface area contributed by atoms with E-state index in [1.807, 2.05) is 41.3 Å². The number of benzene rings is 2. The molecular formula is C21H28N2O. The minimum atomic E-state index is 0.196. The van der Waals surface area contributed by atoms with Crippen molar-refractivity contribution in [3.63, 3.8) is 0 Å². The molecule has 128 valence electrons. The fraction of sp³-hybridized carbons (Fsp3) is 0.381. The maximum absolute atomic E-state index is 12.6. The molecule has 0 saturated carbocycles. The quantitative estimate of drug-likeness (QED) is 0.790. The number of hydrogen-bond donors (Lipinski definition) is 1. The lowest BCUT2D eigenvalue weighted by Gasteiger charge is -2.27. The van der Waals surface area contributed by atoms with Crippen molar-refractivity contribution in [3.05, 3.63) is 71.8 Å². The molecule has 1 N–H and O–H groups in total. The Morgan fingerprint density at radius 1 is 0.958 bits per heavy atom. The van der Waals surface area contributed by atoms with Crippen molar-refractivity contribution in [1.82, 2.24) is 10.2 Å². The maximum Gasteiger partial charge on any atom is 0.224 e. The largest absolute Gasteiger partial charge is 0.336 e. The van der Waals surface area contributed by atoms with Gasteiger partial charge < -0.3 is 10.2 Å². The van der Waals surface area contributed by atoms with Gasteiger partial charge in [-0.15, -0.1) is 0 Å². The molecule has 2 aromatic carbocycles. The van der Waals surface area contributed by atoms with Gasteiger partial charge in [0, 0.05) is 31.6 Å². The van der Waals surface area contributed by atoms with Gasteiger partial charge in [0.05, 0.1) is 0 Å². The average Bonchev–Trinajstić information content (AvgIpc) is 2.60. The number of amides is 1. The molecule has 2 rings (SSSR count). The smallest absolute Gasteiger partial charge is 0.224 e. The zero-order valence-electron chi connectivity index (χ0n) is 14.9. The van der Waals surface area contributed by atoms with Crippen molar-refractivity contribution in [2.45, 2.75) is 45.8 Å². The van der Waals surface area contributed by atoms with Crippen LogP contribution in [0.3, 0.4) is 0 Å². The number of nitrogens with one attached hydrogen (secondary N) is 1. The third kappa shape index (κ3) is 5.50. The van der Waals surface area contributed by atoms with Crippen molar-refractivity contribution in [2.24, 2.45) is 0 Å². The third-order valence-electron chi connectivity index (χ3n) is 4.23. The van der Waals surface area contributed by atoms with E-state index in [1.54, 1.807) is 0 Å². The molecule has 0 aliphatic rings. The van der Waals surface area contributed by atoms with Crippen molar-refractivity contribution < 1.29 is 4.79 Å². The van der Waals surface area contributed by atoms with Gasteiger partial charge in [-0.05, 0) is 31.9 Å². The van der Waals surface area contributed by atoms with Crippen LogP contribution in [0.25, 0.3) is 0 Å². The van der Waals surface area contributed by atoms with Gasteiger partial charge in [0.15, 0.2) is 0 Å². The molecule has 3 heteroatoms. The first-order valence-electron chi connectivity index (χ1n) is 8.69. The van der Waals surface area contributed by atoms with Crippen LogP contribution in [0.5, 0.6) is 0 Å². The van der Waals surface area contributed by atoms with Gasteiger partial charge in [-0.3, -0.25) is 4.79 Å². The summed E-state index contributed by atoms with van der Waals surface area (Å²) in [7, 11) is 0. The van der Waals surface area contributed by atoms with E-state index in [-0.39, 0.29) is 18.0 Å². The zero-order chi connectivity index (χ0) is 17.4. The van der Waals surface area contributed by atoms with E-state index in [1.165, 1.54) is 11.1 Å². The van der Waals surface area contributed by atoms with E-state index in [0.717, 1.165) is 0 Å². The van der Waals surface area contributed by atoms with Crippen molar-refractivity contribution in [2.75, 3.05) is 6.54 Å². The Labute approximate surface area is 145 Å². The summed E-state index contributed by atoms with van der Waals surface area (Å²) in [6, 6.07) is 20.9. The zero-order valence-corrected chi connectivity index (χ0v) is 14.9. The molecule has 0 bridgehead atoms. The summed E-state index contributed by atoms with van der Waals surface area (Å²) >= 11 is 0. The summed E-state index contributed by atoms with van der Waals surface area (Å²) in [5.74, 6) is 0.196.